The quantitative estimate of drug-likeness (QED) is 0.740. The molecule has 0 fully saturated rings. The van der Waals surface area contributed by atoms with Crippen molar-refractivity contribution in [2.75, 3.05) is 5.32 Å². The summed E-state index contributed by atoms with van der Waals surface area (Å²) in [5.41, 5.74) is 2.02. The molecule has 0 saturated heterocycles. The third-order valence-corrected chi connectivity index (χ3v) is 6.85. The summed E-state index contributed by atoms with van der Waals surface area (Å²) in [6.07, 6.45) is -3.47. The number of hydrogen-bond donors (Lipinski definition) is 2. The molecule has 3 rings (SSSR count). The van der Waals surface area contributed by atoms with Crippen LogP contribution in [0.15, 0.2) is 42.5 Å². The summed E-state index contributed by atoms with van der Waals surface area (Å²) in [6.45, 7) is 5.44. The van der Waals surface area contributed by atoms with Gasteiger partial charge in [-0.3, -0.25) is 0 Å². The van der Waals surface area contributed by atoms with Gasteiger partial charge in [0.2, 0.25) is 10.0 Å². The predicted molar refractivity (Wildman–Crippen MR) is 108 cm³/mol. The van der Waals surface area contributed by atoms with Crippen LogP contribution < -0.4 is 10.5 Å². The fourth-order valence-electron chi connectivity index (χ4n) is 3.85. The van der Waals surface area contributed by atoms with E-state index < -0.39 is 32.4 Å². The average Bonchev–Trinajstić information content (AvgIpc) is 2.59. The van der Waals surface area contributed by atoms with Crippen LogP contribution in [0.1, 0.15) is 55.5 Å². The van der Waals surface area contributed by atoms with Crippen LogP contribution in [0, 0.1) is 0 Å². The first-order valence-electron chi connectivity index (χ1n) is 9.36. The fourth-order valence-corrected chi connectivity index (χ4v) is 4.28. The second-order valence-corrected chi connectivity index (χ2v) is 10.4. The zero-order chi connectivity index (χ0) is 21.6. The number of nitrogens with two attached hydrogens (primary N) is 1. The molecule has 0 amide bonds. The number of nitrogens with one attached hydrogen (secondary N) is 1. The number of benzene rings is 2. The number of anilines is 1. The van der Waals surface area contributed by atoms with Gasteiger partial charge >= 0.3 is 6.18 Å². The molecule has 2 unspecified atom stereocenters. The van der Waals surface area contributed by atoms with Crippen LogP contribution in [0.3, 0.4) is 0 Å². The summed E-state index contributed by atoms with van der Waals surface area (Å²) in [5, 5.41) is 7.87. The molecule has 0 aromatic heterocycles. The first-order chi connectivity index (χ1) is 13.3. The summed E-state index contributed by atoms with van der Waals surface area (Å²) < 4.78 is 62.4. The zero-order valence-corrected chi connectivity index (χ0v) is 17.4. The summed E-state index contributed by atoms with van der Waals surface area (Å²) >= 11 is 0. The molecule has 1 aliphatic rings. The number of hydrogen-bond acceptors (Lipinski definition) is 3. The van der Waals surface area contributed by atoms with E-state index in [9.17, 15) is 21.6 Å². The van der Waals surface area contributed by atoms with Crippen molar-refractivity contribution in [1.82, 2.24) is 0 Å². The van der Waals surface area contributed by atoms with E-state index in [0.29, 0.717) is 24.1 Å². The first-order valence-corrected chi connectivity index (χ1v) is 11.0. The Balaban J connectivity index is 1.90. The lowest BCUT2D eigenvalue weighted by atomic mass is 9.73. The molecule has 8 heteroatoms. The molecule has 1 aliphatic heterocycles. The smallest absolute Gasteiger partial charge is 0.378 e. The Labute approximate surface area is 169 Å². The second kappa shape index (κ2) is 7.32. The van der Waals surface area contributed by atoms with Crippen LogP contribution in [-0.2, 0) is 28.0 Å². The summed E-state index contributed by atoms with van der Waals surface area (Å²) in [4.78, 5) is 0. The monoisotopic (exact) mass is 426 g/mol. The van der Waals surface area contributed by atoms with E-state index in [1.807, 2.05) is 38.1 Å². The van der Waals surface area contributed by atoms with Gasteiger partial charge in [0.1, 0.15) is 0 Å². The van der Waals surface area contributed by atoms with Gasteiger partial charge in [0.15, 0.2) is 0 Å². The third kappa shape index (κ3) is 4.75. The van der Waals surface area contributed by atoms with Crippen molar-refractivity contribution >= 4 is 15.7 Å². The lowest BCUT2D eigenvalue weighted by Crippen LogP contribution is -2.31. The Morgan fingerprint density at radius 2 is 1.90 bits per heavy atom. The SMILES string of the molecule is CC(Cc1cccc(C2CC(C)(C)c3cc(C(F)(F)F)ccc3N2)c1)S(N)(=O)=O. The van der Waals surface area contributed by atoms with Gasteiger partial charge in [-0.1, -0.05) is 38.1 Å². The van der Waals surface area contributed by atoms with Gasteiger partial charge in [-0.15, -0.1) is 0 Å². The maximum atomic E-state index is 13.1. The van der Waals surface area contributed by atoms with Crippen molar-refractivity contribution < 1.29 is 21.6 Å². The van der Waals surface area contributed by atoms with E-state index in [1.54, 1.807) is 6.92 Å². The Kier molecular flexibility index (Phi) is 5.47. The van der Waals surface area contributed by atoms with Crippen LogP contribution in [0.4, 0.5) is 18.9 Å². The molecule has 158 valence electrons. The number of fused-ring (bicyclic) bond motifs is 1. The summed E-state index contributed by atoms with van der Waals surface area (Å²) in [5.74, 6) is 0. The Bertz CT molecular complexity index is 1020. The van der Waals surface area contributed by atoms with Crippen LogP contribution in [-0.4, -0.2) is 13.7 Å². The highest BCUT2D eigenvalue weighted by molar-refractivity contribution is 7.89. The first kappa shape index (κ1) is 21.6. The van der Waals surface area contributed by atoms with E-state index in [4.69, 9.17) is 5.14 Å². The molecule has 2 aromatic carbocycles. The second-order valence-electron chi connectivity index (χ2n) is 8.39. The van der Waals surface area contributed by atoms with Crippen molar-refractivity contribution in [3.8, 4) is 0 Å². The molecule has 0 spiro atoms. The standard InChI is InChI=1S/C21H25F3N2O2S/c1-13(29(25,27)28)9-14-5-4-6-15(10-14)19-12-20(2,3)17-11-16(21(22,23)24)7-8-18(17)26-19/h4-8,10-11,13,19,26H,9,12H2,1-3H3,(H2,25,27,28). The molecular weight excluding hydrogens is 401 g/mol. The molecule has 1 heterocycles. The number of alkyl halides is 3. The van der Waals surface area contributed by atoms with E-state index in [-0.39, 0.29) is 6.04 Å². The van der Waals surface area contributed by atoms with Crippen LogP contribution in [0.2, 0.25) is 0 Å². The highest BCUT2D eigenvalue weighted by atomic mass is 32.2. The fraction of sp³-hybridized carbons (Fsp3) is 0.429. The number of rotatable bonds is 4. The van der Waals surface area contributed by atoms with Crippen molar-refractivity contribution in [1.29, 1.82) is 0 Å². The molecular formula is C21H25F3N2O2S. The van der Waals surface area contributed by atoms with Gasteiger partial charge in [0.25, 0.3) is 0 Å². The van der Waals surface area contributed by atoms with E-state index >= 15 is 0 Å². The predicted octanol–water partition coefficient (Wildman–Crippen LogP) is 4.76. The largest absolute Gasteiger partial charge is 0.416 e. The zero-order valence-electron chi connectivity index (χ0n) is 16.5. The molecule has 4 nitrogen and oxygen atoms in total. The Morgan fingerprint density at radius 3 is 2.52 bits per heavy atom. The Morgan fingerprint density at radius 1 is 1.21 bits per heavy atom. The van der Waals surface area contributed by atoms with E-state index in [2.05, 4.69) is 5.32 Å². The maximum Gasteiger partial charge on any atom is 0.416 e. The van der Waals surface area contributed by atoms with Gasteiger partial charge in [0.05, 0.1) is 16.9 Å². The number of primary sulfonamides is 1. The highest BCUT2D eigenvalue weighted by Gasteiger charge is 2.37. The van der Waals surface area contributed by atoms with Gasteiger partial charge in [-0.2, -0.15) is 13.2 Å². The highest BCUT2D eigenvalue weighted by Crippen LogP contribution is 2.46. The molecule has 0 radical (unpaired) electrons. The van der Waals surface area contributed by atoms with Gasteiger partial charge in [0, 0.05) is 5.69 Å². The summed E-state index contributed by atoms with van der Waals surface area (Å²) in [6, 6.07) is 11.3. The molecule has 2 aromatic rings. The lowest BCUT2D eigenvalue weighted by molar-refractivity contribution is -0.137. The minimum Gasteiger partial charge on any atom is -0.378 e. The van der Waals surface area contributed by atoms with Crippen LogP contribution in [0.5, 0.6) is 0 Å². The molecule has 3 N–H and O–H groups in total. The molecule has 0 saturated carbocycles. The minimum absolute atomic E-state index is 0.0982. The molecule has 29 heavy (non-hydrogen) atoms. The minimum atomic E-state index is -4.38. The average molecular weight is 427 g/mol. The van der Waals surface area contributed by atoms with Crippen molar-refractivity contribution in [2.24, 2.45) is 5.14 Å². The maximum absolute atomic E-state index is 13.1. The normalized spacial score (nSPS) is 19.9. The van der Waals surface area contributed by atoms with Gasteiger partial charge < -0.3 is 5.32 Å². The van der Waals surface area contributed by atoms with Gasteiger partial charge in [-0.25, -0.2) is 13.6 Å². The Hall–Kier alpha value is -2.06. The van der Waals surface area contributed by atoms with Crippen molar-refractivity contribution in [3.05, 3.63) is 64.7 Å². The number of sulfonamides is 1. The van der Waals surface area contributed by atoms with E-state index in [0.717, 1.165) is 17.2 Å². The van der Waals surface area contributed by atoms with E-state index in [1.165, 1.54) is 12.1 Å². The van der Waals surface area contributed by atoms with Gasteiger partial charge in [-0.05, 0) is 60.1 Å². The van der Waals surface area contributed by atoms with Crippen molar-refractivity contribution in [2.45, 2.75) is 56.5 Å². The topological polar surface area (TPSA) is 72.2 Å². The molecule has 0 aliphatic carbocycles. The number of halogens is 3. The van der Waals surface area contributed by atoms with Crippen molar-refractivity contribution in [3.63, 3.8) is 0 Å². The summed E-state index contributed by atoms with van der Waals surface area (Å²) in [7, 11) is -3.62. The molecule has 2 atom stereocenters. The van der Waals surface area contributed by atoms with Crippen LogP contribution >= 0.6 is 0 Å². The molecule has 0 bridgehead atoms. The van der Waals surface area contributed by atoms with Crippen LogP contribution in [0.25, 0.3) is 0 Å². The third-order valence-electron chi connectivity index (χ3n) is 5.56. The lowest BCUT2D eigenvalue weighted by Gasteiger charge is -2.39.